The van der Waals surface area contributed by atoms with Gasteiger partial charge in [0.15, 0.2) is 0 Å². The molecule has 0 aromatic heterocycles. The molecule has 100 valence electrons. The molecule has 1 aromatic carbocycles. The van der Waals surface area contributed by atoms with Crippen molar-refractivity contribution in [2.75, 3.05) is 13.6 Å². The Hall–Kier alpha value is -0.380. The van der Waals surface area contributed by atoms with Gasteiger partial charge < -0.3 is 10.6 Å². The Labute approximate surface area is 119 Å². The van der Waals surface area contributed by atoms with Crippen LogP contribution in [-0.4, -0.2) is 18.5 Å². The van der Waals surface area contributed by atoms with Gasteiger partial charge in [-0.1, -0.05) is 40.9 Å². The molecule has 0 heterocycles. The van der Waals surface area contributed by atoms with Crippen molar-refractivity contribution in [1.82, 2.24) is 4.90 Å². The minimum Gasteiger partial charge on any atom is -0.326 e. The molecule has 0 aliphatic heterocycles. The first kappa shape index (κ1) is 14.0. The summed E-state index contributed by atoms with van der Waals surface area (Å²) in [5.74, 6) is 0.914. The standard InChI is InChI=1S/C15H23BrN2/c1-18(10-12-4-2-3-5-12)11-14-7-6-13(9-17)8-15(14)16/h6-8,12H,2-5,9-11,17H2,1H3. The molecule has 1 aliphatic carbocycles. The van der Waals surface area contributed by atoms with Gasteiger partial charge in [0.2, 0.25) is 0 Å². The highest BCUT2D eigenvalue weighted by molar-refractivity contribution is 9.10. The van der Waals surface area contributed by atoms with E-state index in [2.05, 4.69) is 46.1 Å². The minimum absolute atomic E-state index is 0.608. The average Bonchev–Trinajstić information content (AvgIpc) is 2.84. The number of halogens is 1. The van der Waals surface area contributed by atoms with E-state index in [1.54, 1.807) is 0 Å². The normalized spacial score (nSPS) is 16.7. The molecule has 0 atom stereocenters. The molecule has 1 aromatic rings. The van der Waals surface area contributed by atoms with Gasteiger partial charge in [-0.15, -0.1) is 0 Å². The number of benzene rings is 1. The van der Waals surface area contributed by atoms with E-state index in [0.717, 1.165) is 12.5 Å². The van der Waals surface area contributed by atoms with Gasteiger partial charge in [-0.3, -0.25) is 0 Å². The second kappa shape index (κ2) is 6.69. The zero-order valence-electron chi connectivity index (χ0n) is 11.2. The molecule has 1 fully saturated rings. The zero-order valence-corrected chi connectivity index (χ0v) is 12.7. The molecule has 2 rings (SSSR count). The van der Waals surface area contributed by atoms with Gasteiger partial charge >= 0.3 is 0 Å². The maximum absolute atomic E-state index is 5.65. The van der Waals surface area contributed by atoms with Crippen molar-refractivity contribution in [3.63, 3.8) is 0 Å². The SMILES string of the molecule is CN(Cc1ccc(CN)cc1Br)CC1CCCC1. The summed E-state index contributed by atoms with van der Waals surface area (Å²) in [6, 6.07) is 6.46. The Morgan fingerprint density at radius 3 is 2.67 bits per heavy atom. The first-order valence-corrected chi connectivity index (χ1v) is 7.64. The van der Waals surface area contributed by atoms with E-state index < -0.39 is 0 Å². The van der Waals surface area contributed by atoms with E-state index in [4.69, 9.17) is 5.73 Å². The quantitative estimate of drug-likeness (QED) is 0.901. The Morgan fingerprint density at radius 1 is 1.33 bits per heavy atom. The van der Waals surface area contributed by atoms with Crippen molar-refractivity contribution >= 4 is 15.9 Å². The lowest BCUT2D eigenvalue weighted by molar-refractivity contribution is 0.271. The van der Waals surface area contributed by atoms with Gasteiger partial charge in [-0.05, 0) is 43.0 Å². The smallest absolute Gasteiger partial charge is 0.0242 e. The van der Waals surface area contributed by atoms with Crippen LogP contribution in [0.1, 0.15) is 36.8 Å². The van der Waals surface area contributed by atoms with Gasteiger partial charge in [-0.25, -0.2) is 0 Å². The predicted octanol–water partition coefficient (Wildman–Crippen LogP) is 3.53. The number of rotatable bonds is 5. The van der Waals surface area contributed by atoms with E-state index in [9.17, 15) is 0 Å². The van der Waals surface area contributed by atoms with E-state index in [1.807, 2.05) is 0 Å². The van der Waals surface area contributed by atoms with Crippen LogP contribution in [-0.2, 0) is 13.1 Å². The Kier molecular flexibility index (Phi) is 5.22. The maximum Gasteiger partial charge on any atom is 0.0242 e. The summed E-state index contributed by atoms with van der Waals surface area (Å²) in [5.41, 5.74) is 8.19. The molecule has 0 unspecified atom stereocenters. The second-order valence-corrected chi connectivity index (χ2v) is 6.33. The van der Waals surface area contributed by atoms with E-state index in [0.29, 0.717) is 6.54 Å². The van der Waals surface area contributed by atoms with Gasteiger partial charge in [0.1, 0.15) is 0 Å². The monoisotopic (exact) mass is 310 g/mol. The molecule has 2 nitrogen and oxygen atoms in total. The Bertz CT molecular complexity index is 386. The number of nitrogens with two attached hydrogens (primary N) is 1. The third kappa shape index (κ3) is 3.81. The Balaban J connectivity index is 1.91. The third-order valence-electron chi connectivity index (χ3n) is 3.84. The van der Waals surface area contributed by atoms with Crippen LogP contribution in [0.15, 0.2) is 22.7 Å². The highest BCUT2D eigenvalue weighted by atomic mass is 79.9. The Morgan fingerprint density at radius 2 is 2.06 bits per heavy atom. The fourth-order valence-electron chi connectivity index (χ4n) is 2.84. The fraction of sp³-hybridized carbons (Fsp3) is 0.600. The number of hydrogen-bond donors (Lipinski definition) is 1. The molecule has 0 saturated heterocycles. The van der Waals surface area contributed by atoms with Crippen LogP contribution in [0.3, 0.4) is 0 Å². The summed E-state index contributed by atoms with van der Waals surface area (Å²) in [6.07, 6.45) is 5.68. The van der Waals surface area contributed by atoms with Gasteiger partial charge in [-0.2, -0.15) is 0 Å². The summed E-state index contributed by atoms with van der Waals surface area (Å²) in [5, 5.41) is 0. The summed E-state index contributed by atoms with van der Waals surface area (Å²) in [4.78, 5) is 2.44. The van der Waals surface area contributed by atoms with Crippen molar-refractivity contribution in [3.8, 4) is 0 Å². The first-order valence-electron chi connectivity index (χ1n) is 6.85. The molecular weight excluding hydrogens is 288 g/mol. The van der Waals surface area contributed by atoms with Crippen LogP contribution in [0.25, 0.3) is 0 Å². The number of nitrogens with zero attached hydrogens (tertiary/aromatic N) is 1. The molecule has 1 saturated carbocycles. The molecule has 0 spiro atoms. The van der Waals surface area contributed by atoms with Crippen molar-refractivity contribution in [2.24, 2.45) is 11.7 Å². The lowest BCUT2D eigenvalue weighted by Gasteiger charge is -2.21. The van der Waals surface area contributed by atoms with E-state index in [1.165, 1.54) is 47.8 Å². The summed E-state index contributed by atoms with van der Waals surface area (Å²) in [7, 11) is 2.22. The largest absolute Gasteiger partial charge is 0.326 e. The number of hydrogen-bond acceptors (Lipinski definition) is 2. The van der Waals surface area contributed by atoms with Gasteiger partial charge in [0.05, 0.1) is 0 Å². The van der Waals surface area contributed by atoms with Crippen LogP contribution in [0.4, 0.5) is 0 Å². The highest BCUT2D eigenvalue weighted by Crippen LogP contribution is 2.26. The van der Waals surface area contributed by atoms with Gasteiger partial charge in [0, 0.05) is 24.1 Å². The van der Waals surface area contributed by atoms with Crippen molar-refractivity contribution in [3.05, 3.63) is 33.8 Å². The van der Waals surface area contributed by atoms with Gasteiger partial charge in [0.25, 0.3) is 0 Å². The predicted molar refractivity (Wildman–Crippen MR) is 80.3 cm³/mol. The molecule has 0 bridgehead atoms. The average molecular weight is 311 g/mol. The minimum atomic E-state index is 0.608. The summed E-state index contributed by atoms with van der Waals surface area (Å²) >= 11 is 3.65. The first-order chi connectivity index (χ1) is 8.69. The molecule has 1 aliphatic rings. The molecule has 2 N–H and O–H groups in total. The van der Waals surface area contributed by atoms with Crippen molar-refractivity contribution in [2.45, 2.75) is 38.8 Å². The molecular formula is C15H23BrN2. The van der Waals surface area contributed by atoms with E-state index >= 15 is 0 Å². The molecule has 3 heteroatoms. The molecule has 0 amide bonds. The second-order valence-electron chi connectivity index (χ2n) is 5.48. The lowest BCUT2D eigenvalue weighted by atomic mass is 10.1. The zero-order chi connectivity index (χ0) is 13.0. The summed E-state index contributed by atoms with van der Waals surface area (Å²) < 4.78 is 1.18. The van der Waals surface area contributed by atoms with Crippen LogP contribution in [0, 0.1) is 5.92 Å². The van der Waals surface area contributed by atoms with Crippen LogP contribution < -0.4 is 5.73 Å². The topological polar surface area (TPSA) is 29.3 Å². The molecule has 18 heavy (non-hydrogen) atoms. The van der Waals surface area contributed by atoms with Crippen LogP contribution in [0.2, 0.25) is 0 Å². The van der Waals surface area contributed by atoms with Crippen molar-refractivity contribution < 1.29 is 0 Å². The summed E-state index contributed by atoms with van der Waals surface area (Å²) in [6.45, 7) is 2.85. The lowest BCUT2D eigenvalue weighted by Crippen LogP contribution is -2.24. The fourth-order valence-corrected chi connectivity index (χ4v) is 3.39. The maximum atomic E-state index is 5.65. The highest BCUT2D eigenvalue weighted by Gasteiger charge is 2.17. The van der Waals surface area contributed by atoms with Crippen LogP contribution in [0.5, 0.6) is 0 Å². The third-order valence-corrected chi connectivity index (χ3v) is 4.58. The van der Waals surface area contributed by atoms with Crippen molar-refractivity contribution in [1.29, 1.82) is 0 Å². The van der Waals surface area contributed by atoms with Crippen LogP contribution >= 0.6 is 15.9 Å². The molecule has 0 radical (unpaired) electrons. The van der Waals surface area contributed by atoms with E-state index in [-0.39, 0.29) is 0 Å².